The maximum Gasteiger partial charge on any atom is 0.407 e. The van der Waals surface area contributed by atoms with Gasteiger partial charge in [-0.1, -0.05) is 30.3 Å². The SMILES string of the molecule is COC(=O)NC1C2CN(Cc3ccccc3)CC21. The number of amides is 1. The Balaban J connectivity index is 1.48. The van der Waals surface area contributed by atoms with E-state index >= 15 is 0 Å². The molecule has 1 amide bonds. The molecule has 1 N–H and O–H groups in total. The van der Waals surface area contributed by atoms with Gasteiger partial charge in [0.05, 0.1) is 7.11 Å². The minimum atomic E-state index is -0.302. The number of methoxy groups -OCH3 is 1. The normalized spacial score (nSPS) is 29.7. The minimum absolute atomic E-state index is 0.302. The van der Waals surface area contributed by atoms with E-state index in [2.05, 4.69) is 39.2 Å². The van der Waals surface area contributed by atoms with Crippen LogP contribution in [0.25, 0.3) is 0 Å². The Hall–Kier alpha value is -1.55. The summed E-state index contributed by atoms with van der Waals surface area (Å²) in [5, 5.41) is 2.90. The van der Waals surface area contributed by atoms with E-state index in [1.165, 1.54) is 12.7 Å². The molecule has 2 unspecified atom stereocenters. The van der Waals surface area contributed by atoms with Crippen LogP contribution < -0.4 is 5.32 Å². The van der Waals surface area contributed by atoms with Crippen molar-refractivity contribution in [2.45, 2.75) is 12.6 Å². The van der Waals surface area contributed by atoms with E-state index in [1.54, 1.807) is 0 Å². The predicted octanol–water partition coefficient (Wildman–Crippen LogP) is 1.47. The molecule has 2 atom stereocenters. The standard InChI is InChI=1S/C14H18N2O2/c1-18-14(17)15-13-11-8-16(9-12(11)13)7-10-5-3-2-4-6-10/h2-6,11-13H,7-9H2,1H3,(H,15,17). The number of carbonyl (C=O) groups excluding carboxylic acids is 1. The maximum absolute atomic E-state index is 11.1. The zero-order chi connectivity index (χ0) is 12.5. The third kappa shape index (κ3) is 2.20. The van der Waals surface area contributed by atoms with Crippen LogP contribution in [0.5, 0.6) is 0 Å². The quantitative estimate of drug-likeness (QED) is 0.878. The number of likely N-dealkylation sites (tertiary alicyclic amines) is 1. The highest BCUT2D eigenvalue weighted by molar-refractivity contribution is 5.68. The predicted molar refractivity (Wildman–Crippen MR) is 68.0 cm³/mol. The second-order valence-electron chi connectivity index (χ2n) is 5.17. The Labute approximate surface area is 107 Å². The second kappa shape index (κ2) is 4.61. The van der Waals surface area contributed by atoms with Crippen LogP contribution in [0.4, 0.5) is 4.79 Å². The Morgan fingerprint density at radius 3 is 2.61 bits per heavy atom. The summed E-state index contributed by atoms with van der Waals surface area (Å²) in [5.74, 6) is 1.24. The van der Waals surface area contributed by atoms with Gasteiger partial charge in [-0.2, -0.15) is 0 Å². The Morgan fingerprint density at radius 2 is 2.00 bits per heavy atom. The van der Waals surface area contributed by atoms with Crippen LogP contribution in [0.3, 0.4) is 0 Å². The summed E-state index contributed by atoms with van der Waals surface area (Å²) in [4.78, 5) is 13.6. The van der Waals surface area contributed by atoms with E-state index < -0.39 is 0 Å². The Morgan fingerprint density at radius 1 is 1.33 bits per heavy atom. The van der Waals surface area contributed by atoms with E-state index in [1.807, 2.05) is 6.07 Å². The number of fused-ring (bicyclic) bond motifs is 1. The van der Waals surface area contributed by atoms with Gasteiger partial charge in [-0.25, -0.2) is 4.79 Å². The number of nitrogens with one attached hydrogen (secondary N) is 1. The van der Waals surface area contributed by atoms with Crippen molar-refractivity contribution in [2.24, 2.45) is 11.8 Å². The van der Waals surface area contributed by atoms with Crippen LogP contribution >= 0.6 is 0 Å². The molecule has 1 aromatic rings. The topological polar surface area (TPSA) is 41.6 Å². The summed E-state index contributed by atoms with van der Waals surface area (Å²) < 4.78 is 4.63. The zero-order valence-electron chi connectivity index (χ0n) is 10.5. The van der Waals surface area contributed by atoms with Gasteiger partial charge in [0.2, 0.25) is 0 Å². The lowest BCUT2D eigenvalue weighted by Gasteiger charge is -2.19. The number of alkyl carbamates (subject to hydrolysis) is 1. The first-order valence-corrected chi connectivity index (χ1v) is 6.38. The smallest absolute Gasteiger partial charge is 0.407 e. The second-order valence-corrected chi connectivity index (χ2v) is 5.17. The molecule has 4 nitrogen and oxygen atoms in total. The van der Waals surface area contributed by atoms with Gasteiger partial charge in [-0.05, 0) is 17.4 Å². The van der Waals surface area contributed by atoms with E-state index in [-0.39, 0.29) is 6.09 Å². The molecule has 1 aromatic carbocycles. The molecule has 1 aliphatic heterocycles. The molecule has 4 heteroatoms. The average Bonchev–Trinajstić information content (AvgIpc) is 2.85. The van der Waals surface area contributed by atoms with Crippen LogP contribution in [0.15, 0.2) is 30.3 Å². The molecule has 0 radical (unpaired) electrons. The average molecular weight is 246 g/mol. The number of benzene rings is 1. The molecule has 2 aliphatic rings. The number of hydrogen-bond acceptors (Lipinski definition) is 3. The Kier molecular flexibility index (Phi) is 2.96. The van der Waals surface area contributed by atoms with Crippen molar-refractivity contribution in [3.8, 4) is 0 Å². The number of nitrogens with zero attached hydrogens (tertiary/aromatic N) is 1. The molecule has 0 bridgehead atoms. The molecule has 0 aromatic heterocycles. The summed E-state index contributed by atoms with van der Waals surface area (Å²) in [6, 6.07) is 10.9. The van der Waals surface area contributed by atoms with Crippen molar-refractivity contribution in [3.05, 3.63) is 35.9 Å². The van der Waals surface area contributed by atoms with Crippen LogP contribution in [-0.4, -0.2) is 37.2 Å². The van der Waals surface area contributed by atoms with Crippen molar-refractivity contribution >= 4 is 6.09 Å². The molecule has 1 heterocycles. The zero-order valence-corrected chi connectivity index (χ0v) is 10.5. The summed E-state index contributed by atoms with van der Waals surface area (Å²) >= 11 is 0. The number of carbonyl (C=O) groups is 1. The molecule has 3 rings (SSSR count). The highest BCUT2D eigenvalue weighted by Gasteiger charge is 2.56. The van der Waals surface area contributed by atoms with E-state index in [4.69, 9.17) is 0 Å². The van der Waals surface area contributed by atoms with Gasteiger partial charge in [-0.15, -0.1) is 0 Å². The first-order valence-electron chi connectivity index (χ1n) is 6.38. The number of hydrogen-bond donors (Lipinski definition) is 1. The molecule has 18 heavy (non-hydrogen) atoms. The van der Waals surface area contributed by atoms with E-state index in [9.17, 15) is 4.79 Å². The first-order chi connectivity index (χ1) is 8.78. The van der Waals surface area contributed by atoms with Crippen LogP contribution in [-0.2, 0) is 11.3 Å². The van der Waals surface area contributed by atoms with Crippen molar-refractivity contribution < 1.29 is 9.53 Å². The lowest BCUT2D eigenvalue weighted by molar-refractivity contribution is 0.167. The van der Waals surface area contributed by atoms with Crippen LogP contribution in [0.2, 0.25) is 0 Å². The van der Waals surface area contributed by atoms with Crippen LogP contribution in [0.1, 0.15) is 5.56 Å². The summed E-state index contributed by atoms with van der Waals surface area (Å²) in [5.41, 5.74) is 1.36. The molecule has 2 fully saturated rings. The molecule has 1 saturated heterocycles. The number of rotatable bonds is 3. The molecular formula is C14H18N2O2. The lowest BCUT2D eigenvalue weighted by atomic mass is 10.2. The fourth-order valence-corrected chi connectivity index (χ4v) is 2.99. The lowest BCUT2D eigenvalue weighted by Crippen LogP contribution is -2.34. The number of piperidine rings is 1. The van der Waals surface area contributed by atoms with Gasteiger partial charge in [0, 0.05) is 25.7 Å². The van der Waals surface area contributed by atoms with Gasteiger partial charge in [-0.3, -0.25) is 4.90 Å². The van der Waals surface area contributed by atoms with Crippen LogP contribution in [0, 0.1) is 11.8 Å². The fourth-order valence-electron chi connectivity index (χ4n) is 2.99. The monoisotopic (exact) mass is 246 g/mol. The third-order valence-corrected chi connectivity index (χ3v) is 3.99. The third-order valence-electron chi connectivity index (χ3n) is 3.99. The van der Waals surface area contributed by atoms with Crippen molar-refractivity contribution in [1.82, 2.24) is 10.2 Å². The highest BCUT2D eigenvalue weighted by Crippen LogP contribution is 2.45. The largest absolute Gasteiger partial charge is 0.453 e. The molecule has 0 spiro atoms. The van der Waals surface area contributed by atoms with Crippen molar-refractivity contribution in [2.75, 3.05) is 20.2 Å². The van der Waals surface area contributed by atoms with E-state index in [0.717, 1.165) is 19.6 Å². The van der Waals surface area contributed by atoms with Crippen molar-refractivity contribution in [3.63, 3.8) is 0 Å². The highest BCUT2D eigenvalue weighted by atomic mass is 16.5. The summed E-state index contributed by atoms with van der Waals surface area (Å²) in [7, 11) is 1.41. The minimum Gasteiger partial charge on any atom is -0.453 e. The molecule has 96 valence electrons. The summed E-state index contributed by atoms with van der Waals surface area (Å²) in [6.45, 7) is 3.17. The fraction of sp³-hybridized carbons (Fsp3) is 0.500. The molecule has 1 saturated carbocycles. The molecule has 1 aliphatic carbocycles. The molecular weight excluding hydrogens is 228 g/mol. The Bertz CT molecular complexity index is 423. The number of ether oxygens (including phenoxy) is 1. The maximum atomic E-state index is 11.1. The first kappa shape index (κ1) is 11.5. The van der Waals surface area contributed by atoms with E-state index in [0.29, 0.717) is 17.9 Å². The summed E-state index contributed by atoms with van der Waals surface area (Å²) in [6.07, 6.45) is -0.302. The van der Waals surface area contributed by atoms with Gasteiger partial charge in [0.15, 0.2) is 0 Å². The van der Waals surface area contributed by atoms with Gasteiger partial charge in [0.1, 0.15) is 0 Å². The van der Waals surface area contributed by atoms with Gasteiger partial charge < -0.3 is 10.1 Å². The van der Waals surface area contributed by atoms with Gasteiger partial charge in [0.25, 0.3) is 0 Å². The van der Waals surface area contributed by atoms with Crippen molar-refractivity contribution in [1.29, 1.82) is 0 Å². The van der Waals surface area contributed by atoms with Gasteiger partial charge >= 0.3 is 6.09 Å².